The molecule has 1 aromatic rings. The van der Waals surface area contributed by atoms with Crippen LogP contribution < -0.4 is 5.32 Å². The molecule has 0 bridgehead atoms. The van der Waals surface area contributed by atoms with Gasteiger partial charge in [-0.05, 0) is 43.2 Å². The van der Waals surface area contributed by atoms with Gasteiger partial charge in [0.25, 0.3) is 0 Å². The maximum atomic E-state index is 12.1. The Bertz CT molecular complexity index is 561. The number of rotatable bonds is 6. The summed E-state index contributed by atoms with van der Waals surface area (Å²) >= 11 is 0. The van der Waals surface area contributed by atoms with Crippen LogP contribution >= 0.6 is 0 Å². The highest BCUT2D eigenvalue weighted by Gasteiger charge is 2.25. The molecule has 1 saturated heterocycles. The van der Waals surface area contributed by atoms with Crippen molar-refractivity contribution in [3.8, 4) is 0 Å². The smallest absolute Gasteiger partial charge is 0.225 e. The average Bonchev–Trinajstić information content (AvgIpc) is 2.56. The van der Waals surface area contributed by atoms with Crippen molar-refractivity contribution in [1.29, 1.82) is 0 Å². The maximum absolute atomic E-state index is 12.1. The van der Waals surface area contributed by atoms with Gasteiger partial charge in [0.15, 0.2) is 0 Å². The van der Waals surface area contributed by atoms with Gasteiger partial charge in [0, 0.05) is 32.0 Å². The molecule has 0 unspecified atom stereocenters. The van der Waals surface area contributed by atoms with Gasteiger partial charge in [-0.3, -0.25) is 9.59 Å². The molecular formula is C20H30N2O2. The van der Waals surface area contributed by atoms with E-state index in [9.17, 15) is 9.59 Å². The topological polar surface area (TPSA) is 49.4 Å². The summed E-state index contributed by atoms with van der Waals surface area (Å²) < 4.78 is 0. The lowest BCUT2D eigenvalue weighted by Crippen LogP contribution is -2.41. The lowest BCUT2D eigenvalue weighted by molar-refractivity contribution is -0.136. The van der Waals surface area contributed by atoms with Crippen LogP contribution in [0.25, 0.3) is 0 Å². The Labute approximate surface area is 145 Å². The fraction of sp³-hybridized carbons (Fsp3) is 0.600. The molecule has 0 saturated carbocycles. The zero-order valence-corrected chi connectivity index (χ0v) is 15.2. The van der Waals surface area contributed by atoms with E-state index in [1.54, 1.807) is 0 Å². The number of carbonyl (C=O) groups excluding carboxylic acids is 2. The lowest BCUT2D eigenvalue weighted by atomic mass is 9.92. The number of nitrogens with one attached hydrogen (secondary N) is 1. The first-order valence-electron chi connectivity index (χ1n) is 9.07. The molecular weight excluding hydrogens is 300 g/mol. The second-order valence-electron chi connectivity index (χ2n) is 7.15. The SMILES string of the molecule is Cc1ccccc1CCNC(=O)CC1CCN(C(=O)C(C)C)CC1. The summed E-state index contributed by atoms with van der Waals surface area (Å²) in [7, 11) is 0. The number of aryl methyl sites for hydroxylation is 1. The van der Waals surface area contributed by atoms with Crippen molar-refractivity contribution >= 4 is 11.8 Å². The van der Waals surface area contributed by atoms with Crippen molar-refractivity contribution in [1.82, 2.24) is 10.2 Å². The number of benzene rings is 1. The molecule has 4 heteroatoms. The lowest BCUT2D eigenvalue weighted by Gasteiger charge is -2.32. The molecule has 1 aliphatic heterocycles. The molecule has 0 spiro atoms. The molecule has 1 N–H and O–H groups in total. The quantitative estimate of drug-likeness (QED) is 0.872. The normalized spacial score (nSPS) is 15.6. The molecule has 1 aromatic carbocycles. The fourth-order valence-electron chi connectivity index (χ4n) is 3.28. The zero-order valence-electron chi connectivity index (χ0n) is 15.2. The summed E-state index contributed by atoms with van der Waals surface area (Å²) in [5, 5.41) is 3.04. The first-order chi connectivity index (χ1) is 11.5. The minimum Gasteiger partial charge on any atom is -0.356 e. The van der Waals surface area contributed by atoms with Crippen LogP contribution in [0.1, 0.15) is 44.2 Å². The summed E-state index contributed by atoms with van der Waals surface area (Å²) in [6, 6.07) is 8.29. The highest BCUT2D eigenvalue weighted by molar-refractivity contribution is 5.78. The van der Waals surface area contributed by atoms with E-state index in [-0.39, 0.29) is 17.7 Å². The molecule has 1 aliphatic rings. The molecule has 24 heavy (non-hydrogen) atoms. The van der Waals surface area contributed by atoms with Gasteiger partial charge in [-0.2, -0.15) is 0 Å². The van der Waals surface area contributed by atoms with Gasteiger partial charge in [-0.25, -0.2) is 0 Å². The van der Waals surface area contributed by atoms with Crippen molar-refractivity contribution in [2.45, 2.75) is 46.5 Å². The first kappa shape index (κ1) is 18.5. The predicted molar refractivity (Wildman–Crippen MR) is 96.7 cm³/mol. The predicted octanol–water partition coefficient (Wildman–Crippen LogP) is 2.94. The summed E-state index contributed by atoms with van der Waals surface area (Å²) in [5.41, 5.74) is 2.56. The molecule has 0 atom stereocenters. The van der Waals surface area contributed by atoms with Crippen molar-refractivity contribution in [3.63, 3.8) is 0 Å². The van der Waals surface area contributed by atoms with Gasteiger partial charge in [0.05, 0.1) is 0 Å². The second kappa shape index (κ2) is 8.86. The van der Waals surface area contributed by atoms with Gasteiger partial charge in [-0.1, -0.05) is 38.1 Å². The Morgan fingerprint density at radius 3 is 2.50 bits per heavy atom. The van der Waals surface area contributed by atoms with Gasteiger partial charge in [-0.15, -0.1) is 0 Å². The van der Waals surface area contributed by atoms with Gasteiger partial charge < -0.3 is 10.2 Å². The van der Waals surface area contributed by atoms with Crippen molar-refractivity contribution in [2.75, 3.05) is 19.6 Å². The first-order valence-corrected chi connectivity index (χ1v) is 9.07. The summed E-state index contributed by atoms with van der Waals surface area (Å²) in [6.07, 6.45) is 3.32. The van der Waals surface area contributed by atoms with Crippen molar-refractivity contribution < 1.29 is 9.59 Å². The van der Waals surface area contributed by atoms with Crippen LogP contribution in [0.4, 0.5) is 0 Å². The Morgan fingerprint density at radius 1 is 1.21 bits per heavy atom. The molecule has 0 radical (unpaired) electrons. The highest BCUT2D eigenvalue weighted by atomic mass is 16.2. The van der Waals surface area contributed by atoms with E-state index >= 15 is 0 Å². The zero-order chi connectivity index (χ0) is 17.5. The Kier molecular flexibility index (Phi) is 6.83. The van der Waals surface area contributed by atoms with Crippen LogP contribution in [0.5, 0.6) is 0 Å². The minimum atomic E-state index is 0.0614. The summed E-state index contributed by atoms with van der Waals surface area (Å²) in [5.74, 6) is 0.833. The number of hydrogen-bond donors (Lipinski definition) is 1. The Hall–Kier alpha value is -1.84. The number of likely N-dealkylation sites (tertiary alicyclic amines) is 1. The Balaban J connectivity index is 1.67. The van der Waals surface area contributed by atoms with E-state index in [2.05, 4.69) is 24.4 Å². The molecule has 132 valence electrons. The third-order valence-corrected chi connectivity index (χ3v) is 4.87. The van der Waals surface area contributed by atoms with E-state index in [1.165, 1.54) is 11.1 Å². The second-order valence-corrected chi connectivity index (χ2v) is 7.15. The van der Waals surface area contributed by atoms with Crippen LogP contribution in [0.15, 0.2) is 24.3 Å². The highest BCUT2D eigenvalue weighted by Crippen LogP contribution is 2.21. The maximum Gasteiger partial charge on any atom is 0.225 e. The van der Waals surface area contributed by atoms with Gasteiger partial charge in [0.2, 0.25) is 11.8 Å². The van der Waals surface area contributed by atoms with E-state index < -0.39 is 0 Å². The monoisotopic (exact) mass is 330 g/mol. The minimum absolute atomic E-state index is 0.0614. The summed E-state index contributed by atoms with van der Waals surface area (Å²) in [6.45, 7) is 8.25. The fourth-order valence-corrected chi connectivity index (χ4v) is 3.28. The Morgan fingerprint density at radius 2 is 1.88 bits per heavy atom. The van der Waals surface area contributed by atoms with Crippen LogP contribution in [-0.4, -0.2) is 36.3 Å². The van der Waals surface area contributed by atoms with Crippen LogP contribution in [0.3, 0.4) is 0 Å². The van der Waals surface area contributed by atoms with E-state index in [1.807, 2.05) is 30.9 Å². The molecule has 1 fully saturated rings. The van der Waals surface area contributed by atoms with Gasteiger partial charge >= 0.3 is 0 Å². The van der Waals surface area contributed by atoms with E-state index in [0.717, 1.165) is 32.4 Å². The number of amides is 2. The third-order valence-electron chi connectivity index (χ3n) is 4.87. The molecule has 2 rings (SSSR count). The molecule has 4 nitrogen and oxygen atoms in total. The number of hydrogen-bond acceptors (Lipinski definition) is 2. The molecule has 0 aliphatic carbocycles. The van der Waals surface area contributed by atoms with E-state index in [0.29, 0.717) is 18.9 Å². The molecule has 1 heterocycles. The standard InChI is InChI=1S/C20H30N2O2/c1-15(2)20(24)22-12-9-17(10-13-22)14-19(23)21-11-8-18-7-5-4-6-16(18)3/h4-7,15,17H,8-14H2,1-3H3,(H,21,23). The van der Waals surface area contributed by atoms with Crippen molar-refractivity contribution in [2.24, 2.45) is 11.8 Å². The largest absolute Gasteiger partial charge is 0.356 e. The molecule has 2 amide bonds. The van der Waals surface area contributed by atoms with Gasteiger partial charge in [0.1, 0.15) is 0 Å². The third kappa shape index (κ3) is 5.36. The van der Waals surface area contributed by atoms with Crippen LogP contribution in [0, 0.1) is 18.8 Å². The van der Waals surface area contributed by atoms with E-state index in [4.69, 9.17) is 0 Å². The number of carbonyl (C=O) groups is 2. The summed E-state index contributed by atoms with van der Waals surface area (Å²) in [4.78, 5) is 26.0. The van der Waals surface area contributed by atoms with Crippen molar-refractivity contribution in [3.05, 3.63) is 35.4 Å². The van der Waals surface area contributed by atoms with Crippen LogP contribution in [0.2, 0.25) is 0 Å². The number of piperidine rings is 1. The number of nitrogens with zero attached hydrogens (tertiary/aromatic N) is 1. The average molecular weight is 330 g/mol. The molecule has 0 aromatic heterocycles. The van der Waals surface area contributed by atoms with Crippen LogP contribution in [-0.2, 0) is 16.0 Å².